The molecule has 0 aliphatic heterocycles. The highest BCUT2D eigenvalue weighted by Crippen LogP contribution is 2.37. The largest absolute Gasteiger partial charge is 0.271 e. The Hall–Kier alpha value is -1.71. The molecule has 1 aromatic carbocycles. The van der Waals surface area contributed by atoms with Gasteiger partial charge in [-0.1, -0.05) is 30.7 Å². The van der Waals surface area contributed by atoms with Crippen molar-refractivity contribution >= 4 is 0 Å². The Morgan fingerprint density at radius 1 is 1.10 bits per heavy atom. The second-order valence-corrected chi connectivity index (χ2v) is 6.08. The van der Waals surface area contributed by atoms with E-state index in [0.717, 1.165) is 17.3 Å². The number of pyridine rings is 1. The molecular formula is C18H23N3. The normalized spacial score (nSPS) is 16.5. The SMILES string of the molecule is Cc1cc(C(NN)c2cccc(C3CCC3)c2)cc(C)n1. The van der Waals surface area contributed by atoms with E-state index in [9.17, 15) is 0 Å². The number of hydrazine groups is 1. The van der Waals surface area contributed by atoms with Gasteiger partial charge in [0.05, 0.1) is 6.04 Å². The minimum atomic E-state index is 0.0189. The lowest BCUT2D eigenvalue weighted by molar-refractivity contribution is 0.419. The van der Waals surface area contributed by atoms with Crippen molar-refractivity contribution in [3.63, 3.8) is 0 Å². The summed E-state index contributed by atoms with van der Waals surface area (Å²) in [7, 11) is 0. The molecule has 3 heteroatoms. The van der Waals surface area contributed by atoms with E-state index in [0.29, 0.717) is 0 Å². The van der Waals surface area contributed by atoms with Gasteiger partial charge in [-0.15, -0.1) is 0 Å². The lowest BCUT2D eigenvalue weighted by Gasteiger charge is -2.27. The average Bonchev–Trinajstić information content (AvgIpc) is 2.37. The fraction of sp³-hybridized carbons (Fsp3) is 0.389. The first-order chi connectivity index (χ1) is 10.2. The summed E-state index contributed by atoms with van der Waals surface area (Å²) in [4.78, 5) is 4.44. The second kappa shape index (κ2) is 5.96. The van der Waals surface area contributed by atoms with Crippen LogP contribution in [0.2, 0.25) is 0 Å². The van der Waals surface area contributed by atoms with Crippen LogP contribution < -0.4 is 11.3 Å². The van der Waals surface area contributed by atoms with Crippen LogP contribution in [0.15, 0.2) is 36.4 Å². The predicted octanol–water partition coefficient (Wildman–Crippen LogP) is 3.52. The van der Waals surface area contributed by atoms with Crippen molar-refractivity contribution in [2.75, 3.05) is 0 Å². The molecule has 3 rings (SSSR count). The molecule has 3 N–H and O–H groups in total. The van der Waals surface area contributed by atoms with Gasteiger partial charge in [0.25, 0.3) is 0 Å². The van der Waals surface area contributed by atoms with Crippen molar-refractivity contribution in [2.24, 2.45) is 5.84 Å². The maximum Gasteiger partial charge on any atom is 0.0711 e. The van der Waals surface area contributed by atoms with Crippen LogP contribution in [0.25, 0.3) is 0 Å². The Morgan fingerprint density at radius 3 is 2.38 bits per heavy atom. The van der Waals surface area contributed by atoms with E-state index in [4.69, 9.17) is 5.84 Å². The van der Waals surface area contributed by atoms with Gasteiger partial charge in [0.1, 0.15) is 0 Å². The summed E-state index contributed by atoms with van der Waals surface area (Å²) in [6.45, 7) is 4.05. The number of benzene rings is 1. The molecule has 0 spiro atoms. The summed E-state index contributed by atoms with van der Waals surface area (Å²) in [5.74, 6) is 6.58. The van der Waals surface area contributed by atoms with Gasteiger partial charge in [-0.2, -0.15) is 0 Å². The van der Waals surface area contributed by atoms with Crippen LogP contribution in [-0.2, 0) is 0 Å². The number of aryl methyl sites for hydroxylation is 2. The minimum absolute atomic E-state index is 0.0189. The predicted molar refractivity (Wildman–Crippen MR) is 85.9 cm³/mol. The average molecular weight is 281 g/mol. The van der Waals surface area contributed by atoms with Crippen LogP contribution in [-0.4, -0.2) is 4.98 Å². The maximum absolute atomic E-state index is 5.84. The van der Waals surface area contributed by atoms with Gasteiger partial charge in [-0.3, -0.25) is 10.8 Å². The Kier molecular flexibility index (Phi) is 4.04. The van der Waals surface area contributed by atoms with E-state index in [1.165, 1.54) is 36.0 Å². The van der Waals surface area contributed by atoms with Crippen molar-refractivity contribution in [3.05, 3.63) is 64.5 Å². The van der Waals surface area contributed by atoms with Crippen molar-refractivity contribution in [1.29, 1.82) is 0 Å². The van der Waals surface area contributed by atoms with Gasteiger partial charge in [-0.05, 0) is 61.4 Å². The van der Waals surface area contributed by atoms with E-state index in [1.807, 2.05) is 13.8 Å². The van der Waals surface area contributed by atoms with Crippen LogP contribution in [0.4, 0.5) is 0 Å². The summed E-state index contributed by atoms with van der Waals surface area (Å²) in [6.07, 6.45) is 3.99. The van der Waals surface area contributed by atoms with Gasteiger partial charge in [0, 0.05) is 11.4 Å². The highest BCUT2D eigenvalue weighted by atomic mass is 15.2. The lowest BCUT2D eigenvalue weighted by atomic mass is 9.79. The van der Waals surface area contributed by atoms with E-state index in [1.54, 1.807) is 0 Å². The zero-order valence-electron chi connectivity index (χ0n) is 12.8. The van der Waals surface area contributed by atoms with Crippen LogP contribution in [0.3, 0.4) is 0 Å². The first kappa shape index (κ1) is 14.2. The third-order valence-corrected chi connectivity index (χ3v) is 4.42. The zero-order valence-corrected chi connectivity index (χ0v) is 12.8. The molecular weight excluding hydrogens is 258 g/mol. The molecule has 1 aliphatic carbocycles. The summed E-state index contributed by atoms with van der Waals surface area (Å²) in [5.41, 5.74) is 8.87. The Labute approximate surface area is 126 Å². The van der Waals surface area contributed by atoms with Crippen molar-refractivity contribution in [1.82, 2.24) is 10.4 Å². The molecule has 1 atom stereocenters. The van der Waals surface area contributed by atoms with E-state index >= 15 is 0 Å². The molecule has 1 unspecified atom stereocenters. The Morgan fingerprint density at radius 2 is 1.81 bits per heavy atom. The number of nitrogens with zero attached hydrogens (tertiary/aromatic N) is 1. The third kappa shape index (κ3) is 2.99. The summed E-state index contributed by atoms with van der Waals surface area (Å²) in [6, 6.07) is 13.1. The number of nitrogens with one attached hydrogen (secondary N) is 1. The molecule has 0 bridgehead atoms. The lowest BCUT2D eigenvalue weighted by Crippen LogP contribution is -2.29. The molecule has 3 nitrogen and oxygen atoms in total. The quantitative estimate of drug-likeness (QED) is 0.666. The molecule has 0 radical (unpaired) electrons. The Balaban J connectivity index is 1.95. The second-order valence-electron chi connectivity index (χ2n) is 6.08. The number of aromatic nitrogens is 1. The van der Waals surface area contributed by atoms with E-state index < -0.39 is 0 Å². The summed E-state index contributed by atoms with van der Waals surface area (Å²) in [5, 5.41) is 0. The molecule has 0 amide bonds. The molecule has 1 aliphatic rings. The van der Waals surface area contributed by atoms with Gasteiger partial charge >= 0.3 is 0 Å². The molecule has 1 fully saturated rings. The molecule has 110 valence electrons. The molecule has 2 aromatic rings. The van der Waals surface area contributed by atoms with Crippen LogP contribution in [0, 0.1) is 13.8 Å². The van der Waals surface area contributed by atoms with Crippen LogP contribution in [0.5, 0.6) is 0 Å². The number of nitrogens with two attached hydrogens (primary N) is 1. The van der Waals surface area contributed by atoms with Gasteiger partial charge in [0.15, 0.2) is 0 Å². The van der Waals surface area contributed by atoms with Crippen molar-refractivity contribution in [3.8, 4) is 0 Å². The molecule has 1 saturated carbocycles. The highest BCUT2D eigenvalue weighted by Gasteiger charge is 2.21. The van der Waals surface area contributed by atoms with E-state index in [2.05, 4.69) is 46.8 Å². The van der Waals surface area contributed by atoms with Gasteiger partial charge in [-0.25, -0.2) is 5.43 Å². The number of rotatable bonds is 4. The number of hydrogen-bond donors (Lipinski definition) is 2. The van der Waals surface area contributed by atoms with Crippen molar-refractivity contribution in [2.45, 2.75) is 45.1 Å². The summed E-state index contributed by atoms with van der Waals surface area (Å²) >= 11 is 0. The van der Waals surface area contributed by atoms with Gasteiger partial charge in [0.2, 0.25) is 0 Å². The highest BCUT2D eigenvalue weighted by molar-refractivity contribution is 5.36. The van der Waals surface area contributed by atoms with Gasteiger partial charge < -0.3 is 0 Å². The summed E-state index contributed by atoms with van der Waals surface area (Å²) < 4.78 is 0. The standard InChI is InChI=1S/C18H23N3/c1-12-9-17(10-13(2)20-12)18(21-19)16-8-4-7-15(11-16)14-5-3-6-14/h4,7-11,14,18,21H,3,5-6,19H2,1-2H3. The third-order valence-electron chi connectivity index (χ3n) is 4.42. The first-order valence-corrected chi connectivity index (χ1v) is 7.68. The van der Waals surface area contributed by atoms with Crippen LogP contribution in [0.1, 0.15) is 59.3 Å². The number of hydrogen-bond acceptors (Lipinski definition) is 3. The first-order valence-electron chi connectivity index (χ1n) is 7.68. The zero-order chi connectivity index (χ0) is 14.8. The molecule has 21 heavy (non-hydrogen) atoms. The van der Waals surface area contributed by atoms with Crippen molar-refractivity contribution < 1.29 is 0 Å². The topological polar surface area (TPSA) is 50.9 Å². The minimum Gasteiger partial charge on any atom is -0.271 e. The fourth-order valence-electron chi connectivity index (χ4n) is 3.15. The monoisotopic (exact) mass is 281 g/mol. The molecule has 0 saturated heterocycles. The Bertz CT molecular complexity index is 612. The van der Waals surface area contributed by atoms with E-state index in [-0.39, 0.29) is 6.04 Å². The smallest absolute Gasteiger partial charge is 0.0711 e. The molecule has 1 heterocycles. The maximum atomic E-state index is 5.84. The fourth-order valence-corrected chi connectivity index (χ4v) is 3.15. The van der Waals surface area contributed by atoms with Crippen LogP contribution >= 0.6 is 0 Å². The molecule has 1 aromatic heterocycles.